The van der Waals surface area contributed by atoms with E-state index >= 15 is 0 Å². The van der Waals surface area contributed by atoms with Crippen LogP contribution in [0.2, 0.25) is 0 Å². The third-order valence-corrected chi connectivity index (χ3v) is 6.60. The molecule has 0 fully saturated rings. The summed E-state index contributed by atoms with van der Waals surface area (Å²) in [5.74, 6) is 27.7. The average molecular weight is 974 g/mol. The third kappa shape index (κ3) is 97.0. The van der Waals surface area contributed by atoms with E-state index in [9.17, 15) is 0 Å². The molecule has 0 aromatic heterocycles. The van der Waals surface area contributed by atoms with Gasteiger partial charge in [-0.1, -0.05) is 289 Å². The Hall–Kier alpha value is -6.88. The quantitative estimate of drug-likeness (QED) is 0.133. The summed E-state index contributed by atoms with van der Waals surface area (Å²) in [6, 6.07) is 60.9. The Morgan fingerprint density at radius 2 is 0.306 bits per heavy atom. The normalized spacial score (nSPS) is 6.47. The molecule has 0 aliphatic carbocycles. The molecule has 6 rings (SSSR count). The van der Waals surface area contributed by atoms with Crippen molar-refractivity contribution >= 4 is 0 Å². The van der Waals surface area contributed by atoms with E-state index in [-0.39, 0.29) is 0 Å². The fraction of sp³-hybridized carbons (Fsp3) is 0.361. The monoisotopic (exact) mass is 973 g/mol. The van der Waals surface area contributed by atoms with Crippen LogP contribution in [-0.4, -0.2) is 0 Å². The lowest BCUT2D eigenvalue weighted by atomic mass is 10.2. The summed E-state index contributed by atoms with van der Waals surface area (Å²) in [5.41, 5.74) is 7.45. The third-order valence-electron chi connectivity index (χ3n) is 6.60. The highest BCUT2D eigenvalue weighted by Gasteiger charge is 1.79. The highest BCUT2D eigenvalue weighted by Crippen LogP contribution is 1.96. The van der Waals surface area contributed by atoms with Gasteiger partial charge in [0.25, 0.3) is 0 Å². The minimum absolute atomic E-state index is 1.08. The van der Waals surface area contributed by atoms with Crippen molar-refractivity contribution in [3.63, 3.8) is 0 Å². The molecular weight excluding hydrogens is 865 g/mol. The van der Waals surface area contributed by atoms with Crippen molar-refractivity contribution in [3.8, 4) is 59.2 Å². The van der Waals surface area contributed by atoms with Crippen LogP contribution in [0.5, 0.6) is 0 Å². The van der Waals surface area contributed by atoms with Crippen molar-refractivity contribution in [1.29, 1.82) is 0 Å². The average Bonchev–Trinajstić information content (AvgIpc) is 3.47. The number of benzene rings is 6. The molecule has 0 amide bonds. The van der Waals surface area contributed by atoms with Gasteiger partial charge in [-0.25, -0.2) is 0 Å². The lowest BCUT2D eigenvalue weighted by Crippen LogP contribution is -1.67. The summed E-state index contributed by atoms with van der Waals surface area (Å²) in [4.78, 5) is 0. The van der Waals surface area contributed by atoms with Gasteiger partial charge in [0.05, 0.1) is 0 Å². The maximum Gasteiger partial charge on any atom is 0.0245 e. The molecule has 0 heteroatoms. The Kier molecular flexibility index (Phi) is 120. The lowest BCUT2D eigenvalue weighted by Gasteiger charge is -1.83. The molecule has 0 spiro atoms. The van der Waals surface area contributed by atoms with Crippen LogP contribution in [0.25, 0.3) is 0 Å². The van der Waals surface area contributed by atoms with E-state index in [1.807, 2.05) is 286 Å². The Morgan fingerprint density at radius 3 is 0.389 bits per heavy atom. The van der Waals surface area contributed by atoms with Crippen LogP contribution < -0.4 is 0 Å². The van der Waals surface area contributed by atoms with E-state index < -0.39 is 0 Å². The van der Waals surface area contributed by atoms with Crippen LogP contribution in [0, 0.1) is 86.9 Å². The zero-order valence-electron chi connectivity index (χ0n) is 51.3. The van der Waals surface area contributed by atoms with E-state index in [1.54, 1.807) is 0 Å². The molecule has 0 unspecified atom stereocenters. The predicted molar refractivity (Wildman–Crippen MR) is 340 cm³/mol. The maximum atomic E-state index is 2.96. The molecule has 0 saturated heterocycles. The van der Waals surface area contributed by atoms with Crippen molar-refractivity contribution in [2.24, 2.45) is 0 Å². The Labute approximate surface area is 452 Å². The summed E-state index contributed by atoms with van der Waals surface area (Å²) in [7, 11) is 0. The summed E-state index contributed by atoms with van der Waals surface area (Å²) in [6.07, 6.45) is 0. The lowest BCUT2D eigenvalue weighted by molar-refractivity contribution is 1.48. The number of aryl methyl sites for hydroxylation is 4. The predicted octanol–water partition coefficient (Wildman–Crippen LogP) is 22.4. The van der Waals surface area contributed by atoms with Gasteiger partial charge in [0.1, 0.15) is 0 Å². The summed E-state index contributed by atoms with van der Waals surface area (Å²) in [5, 5.41) is 0. The molecule has 0 radical (unpaired) electrons. The highest BCUT2D eigenvalue weighted by molar-refractivity contribution is 5.33. The molecule has 6 aromatic carbocycles. The second-order valence-corrected chi connectivity index (χ2v) is 11.6. The standard InChI is InChI=1S/2C9H8.4C7H8.3C4H6.7C2H6/c2*1-2-6-9-7-4-3-5-8-9;4*1-7-5-3-2-4-6-7;3*1-3-4-2;7*1-2/h2*3-5,7-8H,1H3;4*2-6H,1H3;3*1-2H3;7*1-2H3. The first-order valence-electron chi connectivity index (χ1n) is 26.2. The van der Waals surface area contributed by atoms with E-state index in [1.165, 1.54) is 22.3 Å². The van der Waals surface area contributed by atoms with Gasteiger partial charge in [0, 0.05) is 11.1 Å². The van der Waals surface area contributed by atoms with Crippen LogP contribution >= 0.6 is 0 Å². The maximum absolute atomic E-state index is 2.96. The first kappa shape index (κ1) is 88.1. The number of rotatable bonds is 0. The molecular formula is C72H108. The fourth-order valence-corrected chi connectivity index (χ4v) is 3.47. The van der Waals surface area contributed by atoms with Crippen molar-refractivity contribution < 1.29 is 0 Å². The van der Waals surface area contributed by atoms with E-state index in [4.69, 9.17) is 0 Å². The van der Waals surface area contributed by atoms with Crippen molar-refractivity contribution in [2.45, 2.75) is 180 Å². The van der Waals surface area contributed by atoms with E-state index in [2.05, 4.69) is 135 Å². The number of hydrogen-bond donors (Lipinski definition) is 0. The Bertz CT molecular complexity index is 1790. The molecule has 0 aliphatic rings. The van der Waals surface area contributed by atoms with Crippen LogP contribution in [0.3, 0.4) is 0 Å². The van der Waals surface area contributed by atoms with Gasteiger partial charge >= 0.3 is 0 Å². The van der Waals surface area contributed by atoms with Crippen LogP contribution in [0.4, 0.5) is 0 Å². The molecule has 0 atom stereocenters. The molecule has 0 bridgehead atoms. The summed E-state index contributed by atoms with van der Waals surface area (Å²) < 4.78 is 0. The topological polar surface area (TPSA) is 0 Å². The van der Waals surface area contributed by atoms with Gasteiger partial charge in [-0.15, -0.1) is 47.4 Å². The zero-order valence-corrected chi connectivity index (χ0v) is 51.3. The van der Waals surface area contributed by atoms with Gasteiger partial charge in [-0.3, -0.25) is 0 Å². The first-order chi connectivity index (χ1) is 35.2. The molecule has 0 aliphatic heterocycles. The van der Waals surface area contributed by atoms with E-state index in [0.29, 0.717) is 0 Å². The molecule has 0 heterocycles. The SMILES string of the molecule is CC.CC.CC.CC.CC.CC.CC.CC#CC.CC#CC.CC#CC.CC#Cc1ccccc1.CC#Cc1ccccc1.Cc1ccccc1.Cc1ccccc1.Cc1ccccc1.Cc1ccccc1. The summed E-state index contributed by atoms with van der Waals surface area (Å²) in [6.45, 7) is 50.9. The van der Waals surface area contributed by atoms with Gasteiger partial charge < -0.3 is 0 Å². The molecule has 0 saturated carbocycles. The van der Waals surface area contributed by atoms with E-state index in [0.717, 1.165) is 11.1 Å². The zero-order chi connectivity index (χ0) is 57.7. The Morgan fingerprint density at radius 1 is 0.181 bits per heavy atom. The minimum Gasteiger partial charge on any atom is -0.107 e. The molecule has 6 aromatic rings. The fourth-order valence-electron chi connectivity index (χ4n) is 3.47. The number of hydrogen-bond acceptors (Lipinski definition) is 0. The van der Waals surface area contributed by atoms with Gasteiger partial charge in [-0.2, -0.15) is 0 Å². The second kappa shape index (κ2) is 97.8. The van der Waals surface area contributed by atoms with Crippen molar-refractivity contribution in [3.05, 3.63) is 215 Å². The Balaban J connectivity index is -0.0000000735. The molecule has 0 nitrogen and oxygen atoms in total. The minimum atomic E-state index is 1.08. The second-order valence-electron chi connectivity index (χ2n) is 11.6. The van der Waals surface area contributed by atoms with Crippen LogP contribution in [0.1, 0.15) is 186 Å². The van der Waals surface area contributed by atoms with Gasteiger partial charge in [0.15, 0.2) is 0 Å². The molecule has 396 valence electrons. The van der Waals surface area contributed by atoms with Gasteiger partial charge in [0.2, 0.25) is 0 Å². The van der Waals surface area contributed by atoms with Crippen LogP contribution in [0.15, 0.2) is 182 Å². The van der Waals surface area contributed by atoms with Crippen molar-refractivity contribution in [2.75, 3.05) is 0 Å². The summed E-state index contributed by atoms with van der Waals surface area (Å²) >= 11 is 0. The van der Waals surface area contributed by atoms with Crippen LogP contribution in [-0.2, 0) is 0 Å². The van der Waals surface area contributed by atoms with Crippen molar-refractivity contribution in [1.82, 2.24) is 0 Å². The largest absolute Gasteiger partial charge is 0.107 e. The van der Waals surface area contributed by atoms with Gasteiger partial charge in [-0.05, 0) is 107 Å². The molecule has 72 heavy (non-hydrogen) atoms. The first-order valence-corrected chi connectivity index (χ1v) is 26.2. The smallest absolute Gasteiger partial charge is 0.0245 e. The molecule has 0 N–H and O–H groups in total. The highest BCUT2D eigenvalue weighted by atomic mass is 13.8.